The molecule has 3 nitrogen and oxygen atoms in total. The molecule has 0 aromatic carbocycles. The summed E-state index contributed by atoms with van der Waals surface area (Å²) in [5, 5.41) is 0. The maximum Gasteiger partial charge on any atom is 3.00 e. The van der Waals surface area contributed by atoms with Crippen LogP contribution in [-0.2, 0) is 35.9 Å². The van der Waals surface area contributed by atoms with Crippen molar-refractivity contribution in [3.05, 3.63) is 0 Å². The Morgan fingerprint density at radius 3 is 0.600 bits per heavy atom. The van der Waals surface area contributed by atoms with Crippen molar-refractivity contribution < 1.29 is 74.5 Å². The minimum absolute atomic E-state index is 0. The average molecular weight is 310 g/mol. The predicted molar refractivity (Wildman–Crippen MR) is 2.06 cm³/mol. The summed E-state index contributed by atoms with van der Waals surface area (Å²) in [6.07, 6.45) is 0. The van der Waals surface area contributed by atoms with Gasteiger partial charge >= 0.3 is 58.1 Å². The van der Waals surface area contributed by atoms with Crippen LogP contribution in [0, 0.1) is 38.6 Å². The molecule has 36 valence electrons. The SMILES string of the molecule is [O-2].[O-2].[O-2].[Rh+3].[Tb+3]. The van der Waals surface area contributed by atoms with Gasteiger partial charge in [-0.15, -0.1) is 0 Å². The summed E-state index contributed by atoms with van der Waals surface area (Å²) in [5.41, 5.74) is 0. The van der Waals surface area contributed by atoms with Crippen molar-refractivity contribution in [2.45, 2.75) is 0 Å². The van der Waals surface area contributed by atoms with E-state index in [1.54, 1.807) is 0 Å². The molecule has 0 unspecified atom stereocenters. The molecule has 0 heterocycles. The van der Waals surface area contributed by atoms with Gasteiger partial charge in [0.2, 0.25) is 0 Å². The van der Waals surface area contributed by atoms with E-state index in [4.69, 9.17) is 0 Å². The first kappa shape index (κ1) is 71.1. The maximum absolute atomic E-state index is 0. The van der Waals surface area contributed by atoms with Gasteiger partial charge in [-0.25, -0.2) is 0 Å². The summed E-state index contributed by atoms with van der Waals surface area (Å²) in [6, 6.07) is 0. The smallest absolute Gasteiger partial charge is 2.00 e. The predicted octanol–water partition coefficient (Wildman–Crippen LogP) is -0.359. The topological polar surface area (TPSA) is 85.5 Å². The summed E-state index contributed by atoms with van der Waals surface area (Å²) < 4.78 is 0. The van der Waals surface area contributed by atoms with Crippen molar-refractivity contribution in [2.24, 2.45) is 0 Å². The van der Waals surface area contributed by atoms with E-state index >= 15 is 0 Å². The van der Waals surface area contributed by atoms with Gasteiger partial charge in [-0.3, -0.25) is 0 Å². The molecule has 0 aromatic heterocycles. The second kappa shape index (κ2) is 41.5. The summed E-state index contributed by atoms with van der Waals surface area (Å²) >= 11 is 0. The molecule has 0 rings (SSSR count). The molecule has 0 atom stereocenters. The third-order valence-electron chi connectivity index (χ3n) is 0. The molecule has 5 heteroatoms. The van der Waals surface area contributed by atoms with Crippen LogP contribution < -0.4 is 0 Å². The Kier molecular flexibility index (Phi) is 590. The number of hydrogen-bond donors (Lipinski definition) is 0. The Hall–Kier alpha value is 1.79. The monoisotopic (exact) mass is 310 g/mol. The molecule has 5 heavy (non-hydrogen) atoms. The zero-order valence-corrected chi connectivity index (χ0v) is 5.67. The summed E-state index contributed by atoms with van der Waals surface area (Å²) in [6.45, 7) is 0. The van der Waals surface area contributed by atoms with E-state index in [9.17, 15) is 0 Å². The first-order valence-corrected chi connectivity index (χ1v) is 0. The second-order valence-corrected chi connectivity index (χ2v) is 0. The van der Waals surface area contributed by atoms with Gasteiger partial charge in [-0.2, -0.15) is 0 Å². The van der Waals surface area contributed by atoms with Gasteiger partial charge in [-0.1, -0.05) is 0 Å². The standard InChI is InChI=1S/3O.Rh.Tb/q3*-2;2*+3. The van der Waals surface area contributed by atoms with Crippen molar-refractivity contribution in [2.75, 3.05) is 0 Å². The Bertz CT molecular complexity index is 6.85. The van der Waals surface area contributed by atoms with Crippen LogP contribution in [-0.4, -0.2) is 0 Å². The molecular formula is O3RhTb. The molecule has 0 amide bonds. The quantitative estimate of drug-likeness (QED) is 0.547. The maximum atomic E-state index is 0. The van der Waals surface area contributed by atoms with E-state index in [0.717, 1.165) is 0 Å². The van der Waals surface area contributed by atoms with Crippen molar-refractivity contribution >= 4 is 0 Å². The van der Waals surface area contributed by atoms with Crippen LogP contribution in [0.25, 0.3) is 0 Å². The van der Waals surface area contributed by atoms with Gasteiger partial charge < -0.3 is 16.4 Å². The average Bonchev–Trinajstić information content (AvgIpc) is 0. The van der Waals surface area contributed by atoms with E-state index in [0.29, 0.717) is 0 Å². The van der Waals surface area contributed by atoms with E-state index in [2.05, 4.69) is 0 Å². The third kappa shape index (κ3) is 26.0. The van der Waals surface area contributed by atoms with Gasteiger partial charge in [0, 0.05) is 0 Å². The van der Waals surface area contributed by atoms with E-state index in [1.165, 1.54) is 0 Å². The van der Waals surface area contributed by atoms with Crippen molar-refractivity contribution in [1.29, 1.82) is 0 Å². The van der Waals surface area contributed by atoms with Crippen LogP contribution in [0.2, 0.25) is 0 Å². The zero-order chi connectivity index (χ0) is 0. The van der Waals surface area contributed by atoms with Crippen LogP contribution in [0.4, 0.5) is 0 Å². The molecule has 0 radical (unpaired) electrons. The molecule has 0 N–H and O–H groups in total. The number of hydrogen-bond acceptors (Lipinski definition) is 0. The van der Waals surface area contributed by atoms with E-state index in [1.807, 2.05) is 0 Å². The fraction of sp³-hybridized carbons (Fsp3) is 0. The fourth-order valence-electron chi connectivity index (χ4n) is 0. The van der Waals surface area contributed by atoms with Crippen molar-refractivity contribution in [3.8, 4) is 0 Å². The van der Waals surface area contributed by atoms with Gasteiger partial charge in [0.25, 0.3) is 0 Å². The minimum atomic E-state index is 0. The van der Waals surface area contributed by atoms with Gasteiger partial charge in [0.15, 0.2) is 0 Å². The summed E-state index contributed by atoms with van der Waals surface area (Å²) in [7, 11) is 0. The normalized spacial score (nSPS) is 0. The molecule has 0 aliphatic rings. The molecule has 0 fully saturated rings. The van der Waals surface area contributed by atoms with E-state index < -0.39 is 0 Å². The van der Waals surface area contributed by atoms with Gasteiger partial charge in [0.05, 0.1) is 0 Å². The van der Waals surface area contributed by atoms with E-state index in [-0.39, 0.29) is 74.5 Å². The molecular weight excluding hydrogens is 310 g/mol. The van der Waals surface area contributed by atoms with Gasteiger partial charge in [-0.05, 0) is 0 Å². The molecule has 0 aromatic rings. The summed E-state index contributed by atoms with van der Waals surface area (Å²) in [5.74, 6) is 0. The first-order valence-electron chi connectivity index (χ1n) is 0. The van der Waals surface area contributed by atoms with Crippen LogP contribution in [0.1, 0.15) is 0 Å². The van der Waals surface area contributed by atoms with Crippen LogP contribution in [0.5, 0.6) is 0 Å². The molecule has 0 bridgehead atoms. The van der Waals surface area contributed by atoms with Crippen molar-refractivity contribution in [3.63, 3.8) is 0 Å². The number of rotatable bonds is 0. The molecule has 0 aliphatic heterocycles. The first-order chi connectivity index (χ1) is 0. The van der Waals surface area contributed by atoms with Crippen LogP contribution in [0.3, 0.4) is 0 Å². The molecule has 0 saturated carbocycles. The van der Waals surface area contributed by atoms with Gasteiger partial charge in [0.1, 0.15) is 0 Å². The largest absolute Gasteiger partial charge is 3.00 e. The Labute approximate surface area is 73.6 Å². The van der Waals surface area contributed by atoms with Crippen molar-refractivity contribution in [1.82, 2.24) is 0 Å². The third-order valence-corrected chi connectivity index (χ3v) is 0. The summed E-state index contributed by atoms with van der Waals surface area (Å²) in [4.78, 5) is 0. The Morgan fingerprint density at radius 1 is 0.600 bits per heavy atom. The molecule has 0 spiro atoms. The van der Waals surface area contributed by atoms with Crippen LogP contribution >= 0.6 is 0 Å². The minimum Gasteiger partial charge on any atom is -2.00 e. The Balaban J connectivity index is 0. The molecule has 0 aliphatic carbocycles. The molecule has 0 saturated heterocycles. The fourth-order valence-corrected chi connectivity index (χ4v) is 0. The second-order valence-electron chi connectivity index (χ2n) is 0. The van der Waals surface area contributed by atoms with Crippen LogP contribution in [0.15, 0.2) is 0 Å². The zero-order valence-electron chi connectivity index (χ0n) is 1.89. The Morgan fingerprint density at radius 2 is 0.600 bits per heavy atom.